The second-order valence-corrected chi connectivity index (χ2v) is 14.7. The van der Waals surface area contributed by atoms with Crippen LogP contribution in [0.5, 0.6) is 0 Å². The van der Waals surface area contributed by atoms with E-state index in [0.717, 1.165) is 42.4 Å². The quantitative estimate of drug-likeness (QED) is 0.351. The number of carbonyl (C=O) groups is 1. The van der Waals surface area contributed by atoms with Gasteiger partial charge in [-0.05, 0) is 123 Å². The molecule has 0 aromatic heterocycles. The first-order valence-corrected chi connectivity index (χ1v) is 14.3. The third-order valence-electron chi connectivity index (χ3n) is 13.0. The maximum atomic E-state index is 12.0. The lowest BCUT2D eigenvalue weighted by molar-refractivity contribution is -0.222. The maximum Gasteiger partial charge on any atom is 0.332 e. The molecule has 5 aliphatic carbocycles. The first-order chi connectivity index (χ1) is 15.9. The Bertz CT molecular complexity index is 846. The van der Waals surface area contributed by atoms with Gasteiger partial charge in [-0.2, -0.15) is 0 Å². The van der Waals surface area contributed by atoms with Gasteiger partial charge in [0, 0.05) is 5.41 Å². The summed E-state index contributed by atoms with van der Waals surface area (Å²) in [6, 6.07) is 0. The molecule has 5 fully saturated rings. The van der Waals surface area contributed by atoms with Crippen LogP contribution in [0.3, 0.4) is 0 Å². The molecule has 3 heteroatoms. The van der Waals surface area contributed by atoms with Gasteiger partial charge in [-0.1, -0.05) is 46.8 Å². The van der Waals surface area contributed by atoms with Gasteiger partial charge in [0.25, 0.3) is 0 Å². The van der Waals surface area contributed by atoms with Crippen molar-refractivity contribution in [3.63, 3.8) is 0 Å². The number of hydrogen-bond donors (Lipinski definition) is 1. The zero-order valence-electron chi connectivity index (χ0n) is 22.8. The molecule has 0 bridgehead atoms. The molecule has 10 atom stereocenters. The van der Waals surface area contributed by atoms with Crippen molar-refractivity contribution in [2.24, 2.45) is 57.2 Å². The van der Waals surface area contributed by atoms with Crippen molar-refractivity contribution < 1.29 is 14.6 Å². The zero-order valence-corrected chi connectivity index (χ0v) is 22.8. The highest BCUT2D eigenvalue weighted by atomic mass is 16.6. The lowest BCUT2D eigenvalue weighted by atomic mass is 9.36. The van der Waals surface area contributed by atoms with E-state index in [0.29, 0.717) is 22.2 Å². The van der Waals surface area contributed by atoms with Crippen molar-refractivity contribution in [1.82, 2.24) is 0 Å². The number of allylic oxidation sites excluding steroid dienone is 1. The number of esters is 1. The third-order valence-corrected chi connectivity index (χ3v) is 13.0. The topological polar surface area (TPSA) is 46.5 Å². The predicted octanol–water partition coefficient (Wildman–Crippen LogP) is 7.18. The molecule has 0 saturated heterocycles. The lowest BCUT2D eigenvalue weighted by Gasteiger charge is -2.69. The molecule has 0 aromatic rings. The monoisotopic (exact) mass is 470 g/mol. The summed E-state index contributed by atoms with van der Waals surface area (Å²) in [6.45, 7) is 18.8. The smallest absolute Gasteiger partial charge is 0.332 e. The van der Waals surface area contributed by atoms with E-state index in [-0.39, 0.29) is 11.5 Å². The first-order valence-electron chi connectivity index (χ1n) is 14.3. The average molecular weight is 471 g/mol. The summed E-state index contributed by atoms with van der Waals surface area (Å²) in [5.41, 5.74) is 2.68. The SMILES string of the molecule is C=C(C)C1CCC2(C)CCC3C(CCC4C3(C)CCC3C(C)(C)C(OC(=O)CO)CCC34C)C12. The van der Waals surface area contributed by atoms with E-state index in [9.17, 15) is 9.90 Å². The minimum atomic E-state index is -0.510. The molecule has 3 nitrogen and oxygen atoms in total. The van der Waals surface area contributed by atoms with Crippen molar-refractivity contribution in [3.8, 4) is 0 Å². The Morgan fingerprint density at radius 1 is 0.882 bits per heavy atom. The summed E-state index contributed by atoms with van der Waals surface area (Å²) < 4.78 is 5.79. The van der Waals surface area contributed by atoms with E-state index in [1.165, 1.54) is 56.9 Å². The van der Waals surface area contributed by atoms with E-state index < -0.39 is 12.6 Å². The van der Waals surface area contributed by atoms with Crippen LogP contribution in [0.1, 0.15) is 106 Å². The van der Waals surface area contributed by atoms with Gasteiger partial charge in [0.1, 0.15) is 12.7 Å². The van der Waals surface area contributed by atoms with E-state index in [1.54, 1.807) is 0 Å². The molecule has 0 spiro atoms. The number of hydrogen-bond acceptors (Lipinski definition) is 3. The molecule has 34 heavy (non-hydrogen) atoms. The zero-order chi connectivity index (χ0) is 24.7. The minimum Gasteiger partial charge on any atom is -0.460 e. The Hall–Kier alpha value is -0.830. The van der Waals surface area contributed by atoms with Crippen LogP contribution in [0.15, 0.2) is 12.2 Å². The molecule has 0 heterocycles. The molecule has 5 saturated carbocycles. The largest absolute Gasteiger partial charge is 0.460 e. The van der Waals surface area contributed by atoms with Crippen LogP contribution in [0.4, 0.5) is 0 Å². The molecular formula is C31H50O3. The molecule has 5 rings (SSSR count). The molecule has 1 N–H and O–H groups in total. The highest BCUT2D eigenvalue weighted by Crippen LogP contribution is 2.73. The Labute approximate surface area is 208 Å². The molecule has 0 aromatic carbocycles. The summed E-state index contributed by atoms with van der Waals surface area (Å²) in [5.74, 6) is 4.19. The lowest BCUT2D eigenvalue weighted by Crippen LogP contribution is -2.63. The molecule has 192 valence electrons. The van der Waals surface area contributed by atoms with Crippen LogP contribution < -0.4 is 0 Å². The second kappa shape index (κ2) is 8.09. The van der Waals surface area contributed by atoms with Gasteiger partial charge in [0.2, 0.25) is 0 Å². The number of ether oxygens (including phenoxy) is 1. The van der Waals surface area contributed by atoms with Crippen LogP contribution in [0.2, 0.25) is 0 Å². The summed E-state index contributed by atoms with van der Waals surface area (Å²) in [7, 11) is 0. The van der Waals surface area contributed by atoms with E-state index >= 15 is 0 Å². The van der Waals surface area contributed by atoms with E-state index in [4.69, 9.17) is 4.74 Å². The Balaban J connectivity index is 1.44. The Morgan fingerprint density at radius 2 is 1.56 bits per heavy atom. The van der Waals surface area contributed by atoms with E-state index in [2.05, 4.69) is 48.1 Å². The summed E-state index contributed by atoms with van der Waals surface area (Å²) in [6.07, 6.45) is 13.0. The molecule has 0 aliphatic heterocycles. The van der Waals surface area contributed by atoms with Crippen molar-refractivity contribution in [3.05, 3.63) is 12.2 Å². The standard InChI is InChI=1S/C31H50O3/c1-19(2)20-10-14-29(5)15-11-22-21(27(20)29)8-9-24-30(22,6)16-12-23-28(3,4)25(34-26(33)18-32)13-17-31(23,24)7/h20-25,27,32H,1,8-18H2,2-7H3. The van der Waals surface area contributed by atoms with Crippen LogP contribution in [0.25, 0.3) is 0 Å². The van der Waals surface area contributed by atoms with Gasteiger partial charge >= 0.3 is 5.97 Å². The van der Waals surface area contributed by atoms with Gasteiger partial charge in [-0.25, -0.2) is 4.79 Å². The highest BCUT2D eigenvalue weighted by molar-refractivity contribution is 5.70. The van der Waals surface area contributed by atoms with Gasteiger partial charge < -0.3 is 9.84 Å². The second-order valence-electron chi connectivity index (χ2n) is 14.7. The fourth-order valence-electron chi connectivity index (χ4n) is 11.6. The van der Waals surface area contributed by atoms with Gasteiger partial charge in [-0.15, -0.1) is 0 Å². The van der Waals surface area contributed by atoms with Crippen LogP contribution in [-0.4, -0.2) is 23.8 Å². The Morgan fingerprint density at radius 3 is 2.24 bits per heavy atom. The average Bonchev–Trinajstić information content (AvgIpc) is 3.13. The fourth-order valence-corrected chi connectivity index (χ4v) is 11.6. The summed E-state index contributed by atoms with van der Waals surface area (Å²) in [4.78, 5) is 12.0. The molecule has 10 unspecified atom stereocenters. The molecular weight excluding hydrogens is 420 g/mol. The number of aliphatic hydroxyl groups excluding tert-OH is 1. The first kappa shape index (κ1) is 24.8. The van der Waals surface area contributed by atoms with Gasteiger partial charge in [0.05, 0.1) is 0 Å². The van der Waals surface area contributed by atoms with Crippen LogP contribution in [0, 0.1) is 57.2 Å². The Kier molecular flexibility index (Phi) is 5.91. The molecule has 0 radical (unpaired) electrons. The van der Waals surface area contributed by atoms with Crippen LogP contribution in [-0.2, 0) is 9.53 Å². The molecule has 5 aliphatic rings. The molecule has 0 amide bonds. The number of fused-ring (bicyclic) bond motifs is 7. The van der Waals surface area contributed by atoms with Gasteiger partial charge in [0.15, 0.2) is 0 Å². The fraction of sp³-hybridized carbons (Fsp3) is 0.903. The highest BCUT2D eigenvalue weighted by Gasteiger charge is 2.66. The summed E-state index contributed by atoms with van der Waals surface area (Å²) in [5, 5.41) is 9.27. The maximum absolute atomic E-state index is 12.0. The van der Waals surface area contributed by atoms with Crippen molar-refractivity contribution in [2.75, 3.05) is 6.61 Å². The van der Waals surface area contributed by atoms with Crippen molar-refractivity contribution >= 4 is 5.97 Å². The predicted molar refractivity (Wildman–Crippen MR) is 137 cm³/mol. The number of aliphatic hydroxyl groups is 1. The third kappa shape index (κ3) is 3.34. The number of carbonyl (C=O) groups excluding carboxylic acids is 1. The normalized spacial score (nSPS) is 51.4. The summed E-state index contributed by atoms with van der Waals surface area (Å²) >= 11 is 0. The van der Waals surface area contributed by atoms with Crippen molar-refractivity contribution in [1.29, 1.82) is 0 Å². The van der Waals surface area contributed by atoms with E-state index in [1.807, 2.05) is 0 Å². The minimum absolute atomic E-state index is 0.0440. The van der Waals surface area contributed by atoms with Gasteiger partial charge in [-0.3, -0.25) is 0 Å². The van der Waals surface area contributed by atoms with Crippen molar-refractivity contribution in [2.45, 2.75) is 112 Å². The number of rotatable bonds is 3. The van der Waals surface area contributed by atoms with Crippen LogP contribution >= 0.6 is 0 Å².